The predicted molar refractivity (Wildman–Crippen MR) is 109 cm³/mol. The molecule has 0 aliphatic heterocycles. The summed E-state index contributed by atoms with van der Waals surface area (Å²) >= 11 is -1.51. The lowest BCUT2D eigenvalue weighted by Crippen LogP contribution is -2.48. The fourth-order valence-electron chi connectivity index (χ4n) is 6.49. The van der Waals surface area contributed by atoms with Gasteiger partial charge >= 0.3 is 0 Å². The van der Waals surface area contributed by atoms with E-state index in [1.54, 1.807) is 12.3 Å². The molecule has 4 nitrogen and oxygen atoms in total. The summed E-state index contributed by atoms with van der Waals surface area (Å²) in [5.41, 5.74) is 8.43. The summed E-state index contributed by atoms with van der Waals surface area (Å²) in [5, 5.41) is -0.364. The Balaban J connectivity index is 1.39. The smallest absolute Gasteiger partial charge is 0.222 e. The molecule has 6 rings (SSSR count). The quantitative estimate of drug-likeness (QED) is 0.450. The van der Waals surface area contributed by atoms with Crippen LogP contribution >= 0.6 is 11.1 Å². The Bertz CT molecular complexity index is 788. The van der Waals surface area contributed by atoms with Crippen LogP contribution < -0.4 is 4.74 Å². The van der Waals surface area contributed by atoms with E-state index in [0.29, 0.717) is 18.3 Å². The molecular weight excluding hydrogens is 375 g/mol. The number of hydrogen-bond acceptors (Lipinski definition) is 4. The van der Waals surface area contributed by atoms with Crippen molar-refractivity contribution in [3.05, 3.63) is 29.1 Å². The molecule has 4 bridgehead atoms. The number of thiol groups is 1. The van der Waals surface area contributed by atoms with E-state index in [-0.39, 0.29) is 16.1 Å². The fraction of sp³-hybridized carbons (Fsp3) is 0.682. The molecule has 5 saturated carbocycles. The highest BCUT2D eigenvalue weighted by Crippen LogP contribution is 2.60. The van der Waals surface area contributed by atoms with E-state index in [2.05, 4.69) is 4.52 Å². The van der Waals surface area contributed by atoms with Crippen LogP contribution in [-0.2, 0) is 0 Å². The van der Waals surface area contributed by atoms with Crippen LogP contribution in [0.5, 0.6) is 5.75 Å². The highest BCUT2D eigenvalue weighted by molar-refractivity contribution is 8.28. The van der Waals surface area contributed by atoms with Gasteiger partial charge in [0, 0.05) is 11.5 Å². The number of ether oxygens (including phenoxy) is 1. The summed E-state index contributed by atoms with van der Waals surface area (Å²) < 4.78 is 24.4. The summed E-state index contributed by atoms with van der Waals surface area (Å²) in [7, 11) is 0. The van der Waals surface area contributed by atoms with Gasteiger partial charge in [-0.15, -0.1) is 4.52 Å². The summed E-state index contributed by atoms with van der Waals surface area (Å²) in [5.74, 6) is 3.07. The number of carbonyl (C=O) groups is 1. The van der Waals surface area contributed by atoms with Crippen molar-refractivity contribution < 1.29 is 13.9 Å². The molecule has 0 spiro atoms. The maximum atomic E-state index is 14.8. The van der Waals surface area contributed by atoms with Crippen molar-refractivity contribution >= 4 is 16.2 Å². The molecule has 1 atom stereocenters. The number of nitrogens with zero attached hydrogens (tertiary/aromatic N) is 1. The largest absolute Gasteiger partial charge is 0.493 e. The second-order valence-corrected chi connectivity index (χ2v) is 11.4. The Labute approximate surface area is 168 Å². The van der Waals surface area contributed by atoms with E-state index in [0.717, 1.165) is 36.2 Å². The van der Waals surface area contributed by atoms with Crippen molar-refractivity contribution in [3.63, 3.8) is 0 Å². The van der Waals surface area contributed by atoms with Gasteiger partial charge in [0.25, 0.3) is 0 Å². The van der Waals surface area contributed by atoms with Crippen LogP contribution in [0.2, 0.25) is 0 Å². The highest BCUT2D eigenvalue weighted by atomic mass is 32.2. The molecule has 6 heteroatoms. The third-order valence-corrected chi connectivity index (χ3v) is 8.62. The summed E-state index contributed by atoms with van der Waals surface area (Å²) in [6.45, 7) is 0.686. The monoisotopic (exact) mass is 404 g/mol. The lowest BCUT2D eigenvalue weighted by Gasteiger charge is -2.56. The molecule has 28 heavy (non-hydrogen) atoms. The van der Waals surface area contributed by atoms with Gasteiger partial charge in [-0.25, -0.2) is 4.39 Å². The number of nitrogens with one attached hydrogen (secondary N) is 1. The van der Waals surface area contributed by atoms with E-state index in [1.165, 1.54) is 44.6 Å². The molecule has 5 aliphatic rings. The minimum absolute atomic E-state index is 0.0775. The van der Waals surface area contributed by atoms with E-state index < -0.39 is 16.9 Å². The van der Waals surface area contributed by atoms with Gasteiger partial charge in [-0.1, -0.05) is 11.1 Å². The first-order valence-electron chi connectivity index (χ1n) is 10.6. The molecule has 152 valence electrons. The van der Waals surface area contributed by atoms with Crippen LogP contribution in [0.4, 0.5) is 4.39 Å². The molecule has 0 aromatic heterocycles. The lowest BCUT2D eigenvalue weighted by atomic mass is 9.50. The Morgan fingerprint density at radius 3 is 2.36 bits per heavy atom. The zero-order valence-corrected chi connectivity index (χ0v) is 17.3. The van der Waals surface area contributed by atoms with Crippen molar-refractivity contribution in [2.75, 3.05) is 12.9 Å². The number of carbonyl (C=O) groups excluding carboxylic acids is 1. The van der Waals surface area contributed by atoms with E-state index in [4.69, 9.17) is 10.3 Å². The van der Waals surface area contributed by atoms with E-state index in [9.17, 15) is 9.18 Å². The number of rotatable bonds is 6. The van der Waals surface area contributed by atoms with E-state index in [1.807, 2.05) is 0 Å². The first kappa shape index (κ1) is 18.6. The first-order chi connectivity index (χ1) is 13.5. The second-order valence-electron chi connectivity index (χ2n) is 9.78. The van der Waals surface area contributed by atoms with E-state index >= 15 is 0 Å². The fourth-order valence-corrected chi connectivity index (χ4v) is 7.10. The van der Waals surface area contributed by atoms with Crippen LogP contribution in [-0.4, -0.2) is 18.0 Å². The average molecular weight is 405 g/mol. The first-order valence-corrected chi connectivity index (χ1v) is 12.3. The lowest BCUT2D eigenvalue weighted by molar-refractivity contribution is -0.0746. The zero-order valence-electron chi connectivity index (χ0n) is 16.4. The Morgan fingerprint density at radius 1 is 1.21 bits per heavy atom. The third-order valence-electron chi connectivity index (χ3n) is 7.49. The molecule has 1 aromatic rings. The van der Waals surface area contributed by atoms with Gasteiger partial charge in [0.2, 0.25) is 5.12 Å². The second kappa shape index (κ2) is 6.82. The molecule has 0 saturated heterocycles. The minimum atomic E-state index is -1.51. The van der Waals surface area contributed by atoms with Crippen molar-refractivity contribution in [2.45, 2.75) is 57.3 Å². The van der Waals surface area contributed by atoms with Crippen LogP contribution in [0.3, 0.4) is 0 Å². The van der Waals surface area contributed by atoms with Gasteiger partial charge in [-0.2, -0.15) is 5.53 Å². The van der Waals surface area contributed by atoms with Gasteiger partial charge in [0.15, 0.2) is 0 Å². The molecule has 0 amide bonds. The Hall–Kier alpha value is -1.43. The van der Waals surface area contributed by atoms with Gasteiger partial charge in [0.1, 0.15) is 11.6 Å². The molecular formula is C22H29FN2O2S. The van der Waals surface area contributed by atoms with Crippen LogP contribution in [0.25, 0.3) is 0 Å². The maximum absolute atomic E-state index is 14.8. The normalized spacial score (nSPS) is 34.9. The molecule has 1 unspecified atom stereocenters. The maximum Gasteiger partial charge on any atom is 0.222 e. The standard InChI is InChI=1S/C22H29FN2O2S/c1-28(25-24)21(26)18-7-17(16-2-3-16)20(8-19(18)23)27-12-22-9-13-4-14(10-22)6-15(5-13)11-22/h7-8,13-16,24,28H,2-6,9-12H2,1H3. The molecule has 1 N–H and O–H groups in total. The van der Waals surface area contributed by atoms with Crippen LogP contribution in [0.1, 0.15) is 73.2 Å². The minimum Gasteiger partial charge on any atom is -0.493 e. The zero-order chi connectivity index (χ0) is 19.5. The van der Waals surface area contributed by atoms with Gasteiger partial charge in [-0.05, 0) is 92.9 Å². The average Bonchev–Trinajstić information content (AvgIpc) is 3.49. The van der Waals surface area contributed by atoms with Crippen LogP contribution in [0.15, 0.2) is 16.7 Å². The van der Waals surface area contributed by atoms with Crippen molar-refractivity contribution in [3.8, 4) is 5.75 Å². The summed E-state index contributed by atoms with van der Waals surface area (Å²) in [6.07, 6.45) is 11.7. The highest BCUT2D eigenvalue weighted by Gasteiger charge is 2.51. The third kappa shape index (κ3) is 3.27. The molecule has 0 heterocycles. The summed E-state index contributed by atoms with van der Waals surface area (Å²) in [6, 6.07) is 3.11. The predicted octanol–water partition coefficient (Wildman–Crippen LogP) is 6.02. The van der Waals surface area contributed by atoms with Crippen molar-refractivity contribution in [1.82, 2.24) is 0 Å². The molecule has 5 fully saturated rings. The molecule has 1 aromatic carbocycles. The number of benzene rings is 1. The van der Waals surface area contributed by atoms with Crippen molar-refractivity contribution in [1.29, 1.82) is 5.53 Å². The molecule has 5 aliphatic carbocycles. The molecule has 0 radical (unpaired) electrons. The van der Waals surface area contributed by atoms with Gasteiger partial charge in [0.05, 0.1) is 12.2 Å². The van der Waals surface area contributed by atoms with Crippen molar-refractivity contribution in [2.24, 2.45) is 27.7 Å². The van der Waals surface area contributed by atoms with Gasteiger partial charge in [-0.3, -0.25) is 4.79 Å². The van der Waals surface area contributed by atoms with Crippen LogP contribution in [0, 0.1) is 34.5 Å². The number of hydrogen-bond donors (Lipinski definition) is 2. The Morgan fingerprint density at radius 2 is 1.82 bits per heavy atom. The number of halogens is 1. The SMILES string of the molecule is C[SH](N=N)C(=O)c1cc(C2CC2)c(OCC23CC4CC(CC(C4)C2)C3)cc1F. The summed E-state index contributed by atoms with van der Waals surface area (Å²) in [4.78, 5) is 12.4. The topological polar surface area (TPSA) is 62.5 Å². The van der Waals surface area contributed by atoms with Gasteiger partial charge < -0.3 is 4.74 Å². The Kier molecular flexibility index (Phi) is 4.53.